The van der Waals surface area contributed by atoms with Crippen LogP contribution in [0.3, 0.4) is 0 Å². The van der Waals surface area contributed by atoms with Crippen molar-refractivity contribution in [1.29, 1.82) is 0 Å². The van der Waals surface area contributed by atoms with Crippen molar-refractivity contribution in [1.82, 2.24) is 10.2 Å². The smallest absolute Gasteiger partial charge is 0.264 e. The topological polar surface area (TPSA) is 96.0 Å². The number of sulfonamides is 1. The normalized spacial score (nSPS) is 14.3. The van der Waals surface area contributed by atoms with E-state index >= 15 is 0 Å². The average Bonchev–Trinajstić information content (AvgIpc) is 3.48. The van der Waals surface area contributed by atoms with Crippen molar-refractivity contribution in [2.24, 2.45) is 0 Å². The van der Waals surface area contributed by atoms with Gasteiger partial charge in [-0.05, 0) is 80.8 Å². The Morgan fingerprint density at radius 1 is 0.976 bits per heavy atom. The number of amides is 2. The fourth-order valence-electron chi connectivity index (χ4n) is 4.88. The quantitative estimate of drug-likeness (QED) is 0.301. The van der Waals surface area contributed by atoms with Gasteiger partial charge in [0.2, 0.25) is 11.8 Å². The summed E-state index contributed by atoms with van der Waals surface area (Å²) in [6, 6.07) is 19.8. The second-order valence-electron chi connectivity index (χ2n) is 10.3. The first-order valence-electron chi connectivity index (χ1n) is 13.7. The van der Waals surface area contributed by atoms with Crippen LogP contribution < -0.4 is 14.4 Å². The van der Waals surface area contributed by atoms with Crippen LogP contribution in [0.2, 0.25) is 0 Å². The minimum atomic E-state index is -4.14. The Balaban J connectivity index is 1.67. The van der Waals surface area contributed by atoms with Crippen LogP contribution in [-0.2, 0) is 26.2 Å². The number of anilines is 1. The third-order valence-corrected chi connectivity index (χ3v) is 9.70. The third-order valence-electron chi connectivity index (χ3n) is 7.38. The molecule has 1 atom stereocenters. The summed E-state index contributed by atoms with van der Waals surface area (Å²) in [6.07, 6.45) is 3.96. The highest BCUT2D eigenvalue weighted by atomic mass is 79.9. The first kappa shape index (κ1) is 30.6. The molecule has 1 N–H and O–H groups in total. The van der Waals surface area contributed by atoms with Crippen molar-refractivity contribution in [3.63, 3.8) is 0 Å². The molecule has 0 radical (unpaired) electrons. The third kappa shape index (κ3) is 7.68. The Morgan fingerprint density at radius 2 is 1.59 bits per heavy atom. The molecule has 0 heterocycles. The Kier molecular flexibility index (Phi) is 10.1. The van der Waals surface area contributed by atoms with E-state index in [4.69, 9.17) is 4.74 Å². The van der Waals surface area contributed by atoms with Crippen molar-refractivity contribution in [3.05, 3.63) is 88.4 Å². The summed E-state index contributed by atoms with van der Waals surface area (Å²) in [6.45, 7) is 3.27. The molecule has 41 heavy (non-hydrogen) atoms. The Bertz CT molecular complexity index is 1440. The summed E-state index contributed by atoms with van der Waals surface area (Å²) in [5.74, 6) is -0.216. The largest absolute Gasteiger partial charge is 0.497 e. The molecule has 0 saturated heterocycles. The summed E-state index contributed by atoms with van der Waals surface area (Å²) >= 11 is 3.43. The van der Waals surface area contributed by atoms with Gasteiger partial charge in [-0.1, -0.05) is 58.6 Å². The van der Waals surface area contributed by atoms with E-state index in [1.807, 2.05) is 31.2 Å². The molecule has 0 bridgehead atoms. The standard InChI is InChI=1S/C31H36BrN3O5S/c1-22-8-14-27(15-9-22)35(41(38,39)29-18-16-28(40-3)17-19-29)21-30(36)34(20-24-10-12-25(32)13-11-24)23(2)31(37)33-26-6-4-5-7-26/h8-19,23,26H,4-7,20-21H2,1-3H3,(H,33,37)/t23-/m0/s1. The summed E-state index contributed by atoms with van der Waals surface area (Å²) in [5, 5.41) is 3.08. The Hall–Kier alpha value is -3.37. The number of hydrogen-bond acceptors (Lipinski definition) is 5. The maximum Gasteiger partial charge on any atom is 0.264 e. The zero-order chi connectivity index (χ0) is 29.6. The number of nitrogens with one attached hydrogen (secondary N) is 1. The Morgan fingerprint density at radius 3 is 2.17 bits per heavy atom. The van der Waals surface area contributed by atoms with Gasteiger partial charge in [-0.3, -0.25) is 13.9 Å². The van der Waals surface area contributed by atoms with Crippen molar-refractivity contribution in [3.8, 4) is 5.75 Å². The summed E-state index contributed by atoms with van der Waals surface area (Å²) in [7, 11) is -2.64. The highest BCUT2D eigenvalue weighted by Gasteiger charge is 2.33. The van der Waals surface area contributed by atoms with Gasteiger partial charge in [0, 0.05) is 17.1 Å². The van der Waals surface area contributed by atoms with E-state index < -0.39 is 28.5 Å². The van der Waals surface area contributed by atoms with Crippen LogP contribution in [0.25, 0.3) is 0 Å². The van der Waals surface area contributed by atoms with Gasteiger partial charge in [-0.15, -0.1) is 0 Å². The van der Waals surface area contributed by atoms with Crippen LogP contribution in [0.5, 0.6) is 5.75 Å². The molecule has 4 rings (SSSR count). The minimum absolute atomic E-state index is 0.0261. The molecule has 1 aliphatic carbocycles. The van der Waals surface area contributed by atoms with Crippen molar-refractivity contribution >= 4 is 43.5 Å². The van der Waals surface area contributed by atoms with Crippen LogP contribution in [0.15, 0.2) is 82.2 Å². The monoisotopic (exact) mass is 641 g/mol. The molecule has 218 valence electrons. The van der Waals surface area contributed by atoms with Gasteiger partial charge in [0.25, 0.3) is 10.0 Å². The van der Waals surface area contributed by atoms with Gasteiger partial charge in [-0.2, -0.15) is 0 Å². The van der Waals surface area contributed by atoms with E-state index in [0.29, 0.717) is 11.4 Å². The van der Waals surface area contributed by atoms with E-state index in [2.05, 4.69) is 21.2 Å². The lowest BCUT2D eigenvalue weighted by Gasteiger charge is -2.32. The van der Waals surface area contributed by atoms with Gasteiger partial charge in [0.05, 0.1) is 17.7 Å². The predicted molar refractivity (Wildman–Crippen MR) is 163 cm³/mol. The van der Waals surface area contributed by atoms with Gasteiger partial charge < -0.3 is 15.0 Å². The molecule has 0 unspecified atom stereocenters. The second-order valence-corrected chi connectivity index (χ2v) is 13.1. The van der Waals surface area contributed by atoms with Crippen molar-refractivity contribution < 1.29 is 22.7 Å². The average molecular weight is 643 g/mol. The number of carbonyl (C=O) groups is 2. The number of nitrogens with zero attached hydrogens (tertiary/aromatic N) is 2. The van der Waals surface area contributed by atoms with Crippen molar-refractivity contribution in [2.45, 2.75) is 63.1 Å². The molecule has 8 nitrogen and oxygen atoms in total. The summed E-state index contributed by atoms with van der Waals surface area (Å²) in [5.41, 5.74) is 2.13. The predicted octanol–water partition coefficient (Wildman–Crippen LogP) is 5.44. The van der Waals surface area contributed by atoms with Crippen LogP contribution in [0.4, 0.5) is 5.69 Å². The molecule has 0 aliphatic heterocycles. The number of hydrogen-bond donors (Lipinski definition) is 1. The lowest BCUT2D eigenvalue weighted by Crippen LogP contribution is -2.52. The maximum absolute atomic E-state index is 14.0. The minimum Gasteiger partial charge on any atom is -0.497 e. The van der Waals surface area contributed by atoms with Gasteiger partial charge in [0.15, 0.2) is 0 Å². The van der Waals surface area contributed by atoms with E-state index in [0.717, 1.165) is 45.6 Å². The molecular weight excluding hydrogens is 606 g/mol. The number of carbonyl (C=O) groups excluding carboxylic acids is 2. The zero-order valence-corrected chi connectivity index (χ0v) is 25.9. The molecule has 3 aromatic rings. The van der Waals surface area contributed by atoms with E-state index in [9.17, 15) is 18.0 Å². The molecule has 1 aliphatic rings. The summed E-state index contributed by atoms with van der Waals surface area (Å²) < 4.78 is 35.1. The molecule has 3 aromatic carbocycles. The van der Waals surface area contributed by atoms with Crippen LogP contribution in [0, 0.1) is 6.92 Å². The number of aryl methyl sites for hydroxylation is 1. The molecular formula is C31H36BrN3O5S. The fourth-order valence-corrected chi connectivity index (χ4v) is 6.55. The number of methoxy groups -OCH3 is 1. The van der Waals surface area contributed by atoms with Gasteiger partial charge in [0.1, 0.15) is 18.3 Å². The highest BCUT2D eigenvalue weighted by Crippen LogP contribution is 2.27. The molecule has 10 heteroatoms. The SMILES string of the molecule is COc1ccc(S(=O)(=O)N(CC(=O)N(Cc2ccc(Br)cc2)[C@@H](C)C(=O)NC2CCCC2)c2ccc(C)cc2)cc1. The van der Waals surface area contributed by atoms with E-state index in [1.54, 1.807) is 43.3 Å². The van der Waals surface area contributed by atoms with Gasteiger partial charge in [-0.25, -0.2) is 8.42 Å². The van der Waals surface area contributed by atoms with E-state index in [-0.39, 0.29) is 23.4 Å². The molecule has 2 amide bonds. The molecule has 0 spiro atoms. The number of halogens is 1. The van der Waals surface area contributed by atoms with Crippen LogP contribution in [-0.4, -0.2) is 50.9 Å². The first-order valence-corrected chi connectivity index (χ1v) is 15.9. The zero-order valence-electron chi connectivity index (χ0n) is 23.5. The Labute approximate surface area is 250 Å². The van der Waals surface area contributed by atoms with E-state index in [1.165, 1.54) is 24.1 Å². The lowest BCUT2D eigenvalue weighted by atomic mass is 10.1. The fraction of sp³-hybridized carbons (Fsp3) is 0.355. The second kappa shape index (κ2) is 13.5. The highest BCUT2D eigenvalue weighted by molar-refractivity contribution is 9.10. The van der Waals surface area contributed by atoms with Gasteiger partial charge >= 0.3 is 0 Å². The molecule has 1 saturated carbocycles. The molecule has 0 aromatic heterocycles. The van der Waals surface area contributed by atoms with Crippen molar-refractivity contribution in [2.75, 3.05) is 18.0 Å². The number of ether oxygens (including phenoxy) is 1. The van der Waals surface area contributed by atoms with Crippen LogP contribution in [0.1, 0.15) is 43.7 Å². The maximum atomic E-state index is 14.0. The lowest BCUT2D eigenvalue weighted by molar-refractivity contribution is -0.139. The number of benzene rings is 3. The molecule has 1 fully saturated rings. The van der Waals surface area contributed by atoms with Crippen LogP contribution >= 0.6 is 15.9 Å². The number of rotatable bonds is 11. The first-order chi connectivity index (χ1) is 19.6. The summed E-state index contributed by atoms with van der Waals surface area (Å²) in [4.78, 5) is 28.8.